The van der Waals surface area contributed by atoms with Gasteiger partial charge in [0, 0.05) is 31.1 Å². The molecule has 0 radical (unpaired) electrons. The summed E-state index contributed by atoms with van der Waals surface area (Å²) in [5, 5.41) is 17.1. The average molecular weight is 366 g/mol. The summed E-state index contributed by atoms with van der Waals surface area (Å²) in [5.74, 6) is -1.14. The number of aryl methyl sites for hydroxylation is 2. The first kappa shape index (κ1) is 18.6. The summed E-state index contributed by atoms with van der Waals surface area (Å²) in [6.45, 7) is 1.87. The van der Waals surface area contributed by atoms with Crippen molar-refractivity contribution in [3.05, 3.63) is 59.4 Å². The molecule has 1 amide bonds. The Bertz CT molecular complexity index is 966. The van der Waals surface area contributed by atoms with Crippen LogP contribution >= 0.6 is 0 Å². The zero-order valence-electron chi connectivity index (χ0n) is 15.3. The molecule has 0 aliphatic heterocycles. The third-order valence-electron chi connectivity index (χ3n) is 4.49. The van der Waals surface area contributed by atoms with Crippen molar-refractivity contribution in [2.24, 2.45) is 7.05 Å². The first-order valence-corrected chi connectivity index (χ1v) is 8.80. The van der Waals surface area contributed by atoms with Crippen molar-refractivity contribution in [1.82, 2.24) is 20.1 Å². The highest BCUT2D eigenvalue weighted by atomic mass is 16.4. The Morgan fingerprint density at radius 3 is 2.70 bits per heavy atom. The lowest BCUT2D eigenvalue weighted by molar-refractivity contribution is -0.137. The summed E-state index contributed by atoms with van der Waals surface area (Å²) >= 11 is 0. The van der Waals surface area contributed by atoms with E-state index < -0.39 is 5.97 Å². The quantitative estimate of drug-likeness (QED) is 0.669. The molecule has 0 aliphatic carbocycles. The maximum absolute atomic E-state index is 12.7. The molecule has 140 valence electrons. The predicted octanol–water partition coefficient (Wildman–Crippen LogP) is 2.48. The number of carboxylic acid groups (broad SMARTS) is 1. The SMILES string of the molecule is Cc1nn(C)c2ncc(C(=O)NC(CCC(=O)O)Cc3ccccc3)cc12. The third kappa shape index (κ3) is 4.49. The van der Waals surface area contributed by atoms with Crippen LogP contribution in [0.1, 0.15) is 34.5 Å². The summed E-state index contributed by atoms with van der Waals surface area (Å²) in [5.41, 5.74) is 3.01. The maximum Gasteiger partial charge on any atom is 0.303 e. The predicted molar refractivity (Wildman–Crippen MR) is 102 cm³/mol. The number of hydrogen-bond donors (Lipinski definition) is 2. The molecule has 1 atom stereocenters. The van der Waals surface area contributed by atoms with Crippen LogP contribution < -0.4 is 5.32 Å². The zero-order valence-corrected chi connectivity index (χ0v) is 15.3. The Kier molecular flexibility index (Phi) is 5.49. The Morgan fingerprint density at radius 2 is 2.00 bits per heavy atom. The molecule has 2 heterocycles. The zero-order chi connectivity index (χ0) is 19.4. The van der Waals surface area contributed by atoms with Gasteiger partial charge in [0.05, 0.1) is 11.3 Å². The molecule has 1 aromatic carbocycles. The van der Waals surface area contributed by atoms with Gasteiger partial charge in [-0.05, 0) is 31.4 Å². The van der Waals surface area contributed by atoms with Crippen molar-refractivity contribution in [3.63, 3.8) is 0 Å². The standard InChI is InChI=1S/C20H22N4O3/c1-13-17-11-15(12-21-19(17)24(2)23-13)20(27)22-16(8-9-18(25)26)10-14-6-4-3-5-7-14/h3-7,11-12,16H,8-10H2,1-2H3,(H,22,27)(H,25,26). The van der Waals surface area contributed by atoms with Crippen molar-refractivity contribution >= 4 is 22.9 Å². The lowest BCUT2D eigenvalue weighted by Gasteiger charge is -2.18. The number of aliphatic carboxylic acids is 1. The Morgan fingerprint density at radius 1 is 1.26 bits per heavy atom. The van der Waals surface area contributed by atoms with Gasteiger partial charge in [-0.15, -0.1) is 0 Å². The van der Waals surface area contributed by atoms with Crippen LogP contribution in [0, 0.1) is 6.92 Å². The molecule has 27 heavy (non-hydrogen) atoms. The van der Waals surface area contributed by atoms with E-state index in [0.29, 0.717) is 18.4 Å². The van der Waals surface area contributed by atoms with E-state index in [-0.39, 0.29) is 18.4 Å². The summed E-state index contributed by atoms with van der Waals surface area (Å²) < 4.78 is 1.68. The van der Waals surface area contributed by atoms with Gasteiger partial charge in [0.25, 0.3) is 5.91 Å². The van der Waals surface area contributed by atoms with Crippen LogP contribution in [-0.4, -0.2) is 37.8 Å². The highest BCUT2D eigenvalue weighted by molar-refractivity contribution is 5.97. The fourth-order valence-electron chi connectivity index (χ4n) is 3.12. The van der Waals surface area contributed by atoms with E-state index in [1.54, 1.807) is 10.7 Å². The molecule has 0 fully saturated rings. The van der Waals surface area contributed by atoms with E-state index in [1.807, 2.05) is 44.3 Å². The molecule has 0 aliphatic rings. The van der Waals surface area contributed by atoms with Gasteiger partial charge in [0.15, 0.2) is 5.65 Å². The highest BCUT2D eigenvalue weighted by Gasteiger charge is 2.17. The fourth-order valence-corrected chi connectivity index (χ4v) is 3.12. The van der Waals surface area contributed by atoms with Crippen molar-refractivity contribution in [2.75, 3.05) is 0 Å². The summed E-state index contributed by atoms with van der Waals surface area (Å²) in [7, 11) is 1.81. The third-order valence-corrected chi connectivity index (χ3v) is 4.49. The maximum atomic E-state index is 12.7. The van der Waals surface area contributed by atoms with Gasteiger partial charge in [-0.25, -0.2) is 4.98 Å². The molecule has 0 saturated heterocycles. The van der Waals surface area contributed by atoms with E-state index in [2.05, 4.69) is 15.4 Å². The summed E-state index contributed by atoms with van der Waals surface area (Å²) in [4.78, 5) is 28.0. The van der Waals surface area contributed by atoms with Crippen molar-refractivity contribution < 1.29 is 14.7 Å². The van der Waals surface area contributed by atoms with Gasteiger partial charge in [0.2, 0.25) is 0 Å². The van der Waals surface area contributed by atoms with E-state index in [4.69, 9.17) is 5.11 Å². The van der Waals surface area contributed by atoms with Crippen molar-refractivity contribution in [3.8, 4) is 0 Å². The number of fused-ring (bicyclic) bond motifs is 1. The number of carbonyl (C=O) groups excluding carboxylic acids is 1. The largest absolute Gasteiger partial charge is 0.481 e. The molecular weight excluding hydrogens is 344 g/mol. The monoisotopic (exact) mass is 366 g/mol. The number of nitrogens with one attached hydrogen (secondary N) is 1. The van der Waals surface area contributed by atoms with E-state index >= 15 is 0 Å². The Labute approximate surface area is 157 Å². The number of benzene rings is 1. The summed E-state index contributed by atoms with van der Waals surface area (Å²) in [6.07, 6.45) is 2.45. The van der Waals surface area contributed by atoms with Crippen LogP contribution in [0.25, 0.3) is 11.0 Å². The number of amides is 1. The molecule has 2 N–H and O–H groups in total. The molecule has 7 heteroatoms. The van der Waals surface area contributed by atoms with Crippen LogP contribution in [0.15, 0.2) is 42.6 Å². The van der Waals surface area contributed by atoms with E-state index in [9.17, 15) is 9.59 Å². The van der Waals surface area contributed by atoms with Crippen molar-refractivity contribution in [1.29, 1.82) is 0 Å². The minimum Gasteiger partial charge on any atom is -0.481 e. The number of rotatable bonds is 7. The van der Waals surface area contributed by atoms with Gasteiger partial charge in [-0.1, -0.05) is 30.3 Å². The second kappa shape index (κ2) is 7.99. The second-order valence-electron chi connectivity index (χ2n) is 6.60. The number of hydrogen-bond acceptors (Lipinski definition) is 4. The lowest BCUT2D eigenvalue weighted by atomic mass is 10.0. The van der Waals surface area contributed by atoms with E-state index in [0.717, 1.165) is 22.3 Å². The number of carboxylic acids is 1. The first-order valence-electron chi connectivity index (χ1n) is 8.80. The molecule has 0 bridgehead atoms. The van der Waals surface area contributed by atoms with Gasteiger partial charge >= 0.3 is 5.97 Å². The number of nitrogens with zero attached hydrogens (tertiary/aromatic N) is 3. The van der Waals surface area contributed by atoms with Gasteiger partial charge in [0.1, 0.15) is 0 Å². The number of carbonyl (C=O) groups is 2. The van der Waals surface area contributed by atoms with Gasteiger partial charge in [-0.2, -0.15) is 5.10 Å². The minimum atomic E-state index is -0.878. The molecule has 0 spiro atoms. The van der Waals surface area contributed by atoms with Crippen LogP contribution in [-0.2, 0) is 18.3 Å². The molecule has 0 saturated carbocycles. The lowest BCUT2D eigenvalue weighted by Crippen LogP contribution is -2.37. The highest BCUT2D eigenvalue weighted by Crippen LogP contribution is 2.17. The van der Waals surface area contributed by atoms with Crippen LogP contribution in [0.2, 0.25) is 0 Å². The Balaban J connectivity index is 1.78. The minimum absolute atomic E-state index is 0.00320. The molecule has 7 nitrogen and oxygen atoms in total. The molecular formula is C20H22N4O3. The van der Waals surface area contributed by atoms with Crippen LogP contribution in [0.5, 0.6) is 0 Å². The first-order chi connectivity index (χ1) is 12.9. The number of pyridine rings is 1. The normalized spacial score (nSPS) is 12.1. The number of aromatic nitrogens is 3. The van der Waals surface area contributed by atoms with Crippen molar-refractivity contribution in [2.45, 2.75) is 32.2 Å². The molecule has 2 aromatic heterocycles. The Hall–Kier alpha value is -3.22. The van der Waals surface area contributed by atoms with E-state index in [1.165, 1.54) is 6.20 Å². The smallest absolute Gasteiger partial charge is 0.303 e. The van der Waals surface area contributed by atoms with Gasteiger partial charge < -0.3 is 10.4 Å². The molecule has 3 rings (SSSR count). The summed E-state index contributed by atoms with van der Waals surface area (Å²) in [6, 6.07) is 11.2. The van der Waals surface area contributed by atoms with Crippen LogP contribution in [0.4, 0.5) is 0 Å². The topological polar surface area (TPSA) is 97.1 Å². The van der Waals surface area contributed by atoms with Crippen LogP contribution in [0.3, 0.4) is 0 Å². The average Bonchev–Trinajstić information content (AvgIpc) is 2.94. The molecule has 3 aromatic rings. The fraction of sp³-hybridized carbons (Fsp3) is 0.300. The second-order valence-corrected chi connectivity index (χ2v) is 6.60. The van der Waals surface area contributed by atoms with Gasteiger partial charge in [-0.3, -0.25) is 14.3 Å². The molecule has 1 unspecified atom stereocenters.